The van der Waals surface area contributed by atoms with Gasteiger partial charge >= 0.3 is 5.97 Å². The number of fused-ring (bicyclic) bond motifs is 7. The molecule has 0 amide bonds. The van der Waals surface area contributed by atoms with E-state index in [0.29, 0.717) is 38.5 Å². The van der Waals surface area contributed by atoms with Gasteiger partial charge in [-0.1, -0.05) is 60.1 Å². The van der Waals surface area contributed by atoms with Crippen molar-refractivity contribution in [2.75, 3.05) is 26.4 Å². The van der Waals surface area contributed by atoms with Crippen molar-refractivity contribution in [1.29, 1.82) is 0 Å². The van der Waals surface area contributed by atoms with E-state index in [4.69, 9.17) is 56.8 Å². The molecule has 29 nitrogen and oxygen atoms in total. The molecule has 0 aromatic heterocycles. The Morgan fingerprint density at radius 3 is 1.76 bits per heavy atom. The molecule has 0 radical (unpaired) electrons. The monoisotopic (exact) mass is 1340 g/mol. The maximum atomic E-state index is 15.3. The van der Waals surface area contributed by atoms with Crippen molar-refractivity contribution in [3.8, 4) is 0 Å². The van der Waals surface area contributed by atoms with Gasteiger partial charge in [0.05, 0.1) is 50.2 Å². The fourth-order valence-electron chi connectivity index (χ4n) is 18.7. The lowest BCUT2D eigenvalue weighted by Gasteiger charge is -2.71. The Balaban J connectivity index is 0.762. The minimum absolute atomic E-state index is 0.113. The molecule has 36 atom stereocenters. The summed E-state index contributed by atoms with van der Waals surface area (Å²) in [5, 5.41) is 174. The summed E-state index contributed by atoms with van der Waals surface area (Å²) in [6.45, 7) is 16.7. The second-order valence-corrected chi connectivity index (χ2v) is 31.0. The Bertz CT molecular complexity index is 2620. The molecule has 0 aromatic carbocycles. The van der Waals surface area contributed by atoms with Crippen molar-refractivity contribution in [2.45, 2.75) is 305 Å². The van der Waals surface area contributed by atoms with Crippen LogP contribution >= 0.6 is 0 Å². The molecular weight excluding hydrogens is 1230 g/mol. The van der Waals surface area contributed by atoms with Crippen molar-refractivity contribution in [3.05, 3.63) is 11.6 Å². The predicted molar refractivity (Wildman–Crippen MR) is 313 cm³/mol. The first-order valence-electron chi connectivity index (χ1n) is 33.4. The first kappa shape index (κ1) is 72.4. The summed E-state index contributed by atoms with van der Waals surface area (Å²) in [7, 11) is 0. The van der Waals surface area contributed by atoms with E-state index < -0.39 is 215 Å². The Labute approximate surface area is 540 Å². The quantitative estimate of drug-likeness (QED) is 0.0467. The molecule has 0 spiro atoms. The average Bonchev–Trinajstić information content (AvgIpc) is 0.676. The summed E-state index contributed by atoms with van der Waals surface area (Å²) in [4.78, 5) is 15.3. The van der Waals surface area contributed by atoms with Crippen LogP contribution in [0.3, 0.4) is 0 Å². The van der Waals surface area contributed by atoms with Crippen molar-refractivity contribution in [3.63, 3.8) is 0 Å². The molecule has 16 N–H and O–H groups in total. The van der Waals surface area contributed by atoms with Gasteiger partial charge in [-0.25, -0.2) is 0 Å². The number of ether oxygens (including phenoxy) is 12. The molecular formula is C64H104O29. The van der Waals surface area contributed by atoms with Crippen molar-refractivity contribution >= 4 is 5.97 Å². The van der Waals surface area contributed by atoms with Gasteiger partial charge in [-0.15, -0.1) is 0 Å². The number of aliphatic hydroxyl groups excluding tert-OH is 16. The number of hydrogen-bond acceptors (Lipinski definition) is 29. The highest BCUT2D eigenvalue weighted by Gasteiger charge is 2.70. The van der Waals surface area contributed by atoms with E-state index in [-0.39, 0.29) is 46.0 Å². The van der Waals surface area contributed by atoms with Gasteiger partial charge in [0.25, 0.3) is 0 Å². The third kappa shape index (κ3) is 12.6. The van der Waals surface area contributed by atoms with E-state index >= 15 is 4.79 Å². The minimum Gasteiger partial charge on any atom is -0.432 e. The molecule has 29 heteroatoms. The highest BCUT2D eigenvalue weighted by molar-refractivity contribution is 5.79. The molecule has 5 aliphatic carbocycles. The van der Waals surface area contributed by atoms with Crippen molar-refractivity contribution in [2.24, 2.45) is 50.2 Å². The SMILES string of the molecule is C[C@@H]1O[C@@H](O[C@H]2[C@H](O[C@H]3CC[C@]4(C)[C@H]5CC=C6[C@@H]7CC(C)(C)CC[C@]7(C(=O)O[C@H]7O[C@H](CO[C@H]8O[C@H](CO)[C@@H](O[C@H]9O[C@H](C)[C@@H](O)[C@H](O)[C@@H]9O)[C@H](O)[C@H]8O)[C@@H](O)[C@H](O)[C@H]7O)CC[C@@]6(C)[C@]5(C)CC[C@H]4C3(C)C)OC[C@H](O)[C@@H]2O)[C@H](O)[C@H](O[C@@H]2OC[C@@H](O)[C@@H](O)[C@H]2O)[C@H]1O. The average molecular weight is 1340 g/mol. The summed E-state index contributed by atoms with van der Waals surface area (Å²) in [6.07, 6.45) is -35.6. The smallest absolute Gasteiger partial charge is 0.315 e. The van der Waals surface area contributed by atoms with Gasteiger partial charge in [0, 0.05) is 0 Å². The Kier molecular flexibility index (Phi) is 20.9. The van der Waals surface area contributed by atoms with Crippen LogP contribution in [0, 0.1) is 50.2 Å². The van der Waals surface area contributed by atoms with Crippen molar-refractivity contribution < 1.29 is 143 Å². The summed E-state index contributed by atoms with van der Waals surface area (Å²) >= 11 is 0. The van der Waals surface area contributed by atoms with Crippen LogP contribution in [0.2, 0.25) is 0 Å². The van der Waals surface area contributed by atoms with Gasteiger partial charge in [-0.3, -0.25) is 4.79 Å². The zero-order valence-electron chi connectivity index (χ0n) is 54.4. The second kappa shape index (κ2) is 26.9. The van der Waals surface area contributed by atoms with Crippen LogP contribution in [0.15, 0.2) is 11.6 Å². The largest absolute Gasteiger partial charge is 0.432 e. The summed E-state index contributed by atoms with van der Waals surface area (Å²) in [6, 6.07) is 0. The van der Waals surface area contributed by atoms with Crippen LogP contribution in [0.4, 0.5) is 0 Å². The normalized spacial score (nSPS) is 54.7. The third-order valence-electron chi connectivity index (χ3n) is 24.8. The molecule has 0 aromatic rings. The Morgan fingerprint density at radius 2 is 1.08 bits per heavy atom. The van der Waals surface area contributed by atoms with E-state index in [9.17, 15) is 81.7 Å². The Hall–Kier alpha value is -1.87. The van der Waals surface area contributed by atoms with Gasteiger partial charge in [0.1, 0.15) is 122 Å². The van der Waals surface area contributed by atoms with Gasteiger partial charge in [-0.05, 0) is 123 Å². The number of hydrogen-bond donors (Lipinski definition) is 16. The minimum atomic E-state index is -1.90. The van der Waals surface area contributed by atoms with E-state index in [2.05, 4.69) is 54.5 Å². The number of carbonyl (C=O) groups is 1. The summed E-state index contributed by atoms with van der Waals surface area (Å²) in [5.74, 6) is -0.598. The standard InChI is InChI=1S/C64H104O29/c1-25-36(68)41(73)45(77)54(85-25)90-49-31(21-65)87-52(47(79)43(49)75)84-24-32-40(72)42(74)46(78)55(88-32)93-58(81)64-18-16-59(3,4)20-28(64)27-10-11-34-61(7)14-13-35(60(5,6)33(61)12-15-63(34,9)62(27,8)17-19-64)89-57-51(39(71)30(67)23-83-57)92-56-48(80)50(37(69)26(2)86-56)91-53-44(76)38(70)29(66)22-82-53/h10,25-26,28-57,65-80H,11-24H2,1-9H3/t25-,26+,28+,29-,30+,31-,32-,33+,34-,35+,36-,37+,38-,39+,40-,41+,42+,43-,44-,45+,46-,47-,48-,49-,50-,51-,52+,53+,54-,55-,56+,57+,61+,62-,63-,64+/m1/s1. The van der Waals surface area contributed by atoms with Crippen LogP contribution in [0.1, 0.15) is 127 Å². The lowest BCUT2D eigenvalue weighted by atomic mass is 9.33. The molecule has 10 fully saturated rings. The molecule has 11 rings (SSSR count). The first-order valence-corrected chi connectivity index (χ1v) is 33.4. The molecule has 0 bridgehead atoms. The zero-order valence-corrected chi connectivity index (χ0v) is 54.4. The molecule has 6 aliphatic heterocycles. The lowest BCUT2D eigenvalue weighted by molar-refractivity contribution is -0.378. The molecule has 4 saturated carbocycles. The fourth-order valence-corrected chi connectivity index (χ4v) is 18.7. The molecule has 6 heterocycles. The van der Waals surface area contributed by atoms with E-state index in [1.54, 1.807) is 0 Å². The first-order chi connectivity index (χ1) is 43.5. The van der Waals surface area contributed by atoms with Crippen molar-refractivity contribution in [1.82, 2.24) is 0 Å². The Morgan fingerprint density at radius 1 is 0.505 bits per heavy atom. The summed E-state index contributed by atoms with van der Waals surface area (Å²) in [5.41, 5.74) is -1.40. The number of carbonyl (C=O) groups excluding carboxylic acids is 1. The van der Waals surface area contributed by atoms with Gasteiger partial charge in [0.15, 0.2) is 31.5 Å². The molecule has 0 unspecified atom stereocenters. The summed E-state index contributed by atoms with van der Waals surface area (Å²) < 4.78 is 71.5. The van der Waals surface area contributed by atoms with E-state index in [1.807, 2.05) is 0 Å². The number of allylic oxidation sites excluding steroid dienone is 2. The van der Waals surface area contributed by atoms with Crippen LogP contribution in [0.25, 0.3) is 0 Å². The fraction of sp³-hybridized carbons (Fsp3) is 0.953. The van der Waals surface area contributed by atoms with Crippen LogP contribution in [-0.2, 0) is 61.6 Å². The third-order valence-corrected chi connectivity index (χ3v) is 24.8. The van der Waals surface area contributed by atoms with E-state index in [1.165, 1.54) is 19.4 Å². The van der Waals surface area contributed by atoms with Crippen LogP contribution in [-0.4, -0.2) is 292 Å². The highest BCUT2D eigenvalue weighted by Crippen LogP contribution is 2.76. The van der Waals surface area contributed by atoms with Crippen LogP contribution < -0.4 is 0 Å². The topological polar surface area (TPSA) is 452 Å². The van der Waals surface area contributed by atoms with Crippen LogP contribution in [0.5, 0.6) is 0 Å². The van der Waals surface area contributed by atoms with E-state index in [0.717, 1.165) is 25.7 Å². The van der Waals surface area contributed by atoms with Gasteiger partial charge in [-0.2, -0.15) is 0 Å². The molecule has 6 saturated heterocycles. The molecule has 93 heavy (non-hydrogen) atoms. The highest BCUT2D eigenvalue weighted by atomic mass is 16.8. The lowest BCUT2D eigenvalue weighted by Crippen LogP contribution is -2.66. The van der Waals surface area contributed by atoms with Gasteiger partial charge in [0.2, 0.25) is 6.29 Å². The molecule has 534 valence electrons. The maximum absolute atomic E-state index is 15.3. The number of aliphatic hydroxyl groups is 16. The predicted octanol–water partition coefficient (Wildman–Crippen LogP) is -3.05. The van der Waals surface area contributed by atoms with Gasteiger partial charge < -0.3 is 139 Å². The number of esters is 1. The molecule has 11 aliphatic rings. The number of rotatable bonds is 14. The zero-order chi connectivity index (χ0) is 67.7. The second-order valence-electron chi connectivity index (χ2n) is 31.0. The maximum Gasteiger partial charge on any atom is 0.315 e.